The maximum Gasteiger partial charge on any atom is 0.417 e. The number of carbonyl (C=O) groups excluding carboxylic acids is 1. The van der Waals surface area contributed by atoms with E-state index in [4.69, 9.17) is 17.3 Å². The SMILES string of the molecule is Nc1ncnc2c1ncn2-c1ccc(NC(=O)Nc2ccc(Cl)c(C(F)(F)F)c2)c(F)c1. The molecule has 164 valence electrons. The summed E-state index contributed by atoms with van der Waals surface area (Å²) in [6.07, 6.45) is -2.06. The third-order valence-corrected chi connectivity index (χ3v) is 4.70. The molecule has 4 aromatic rings. The first kappa shape index (κ1) is 21.3. The predicted molar refractivity (Wildman–Crippen MR) is 110 cm³/mol. The summed E-state index contributed by atoms with van der Waals surface area (Å²) in [4.78, 5) is 24.2. The molecule has 4 N–H and O–H groups in total. The van der Waals surface area contributed by atoms with Crippen molar-refractivity contribution < 1.29 is 22.4 Å². The van der Waals surface area contributed by atoms with Gasteiger partial charge in [-0.3, -0.25) is 4.57 Å². The summed E-state index contributed by atoms with van der Waals surface area (Å²) in [5.74, 6) is -0.631. The highest BCUT2D eigenvalue weighted by molar-refractivity contribution is 6.31. The number of aromatic nitrogens is 4. The molecule has 0 aliphatic rings. The monoisotopic (exact) mass is 465 g/mol. The predicted octanol–water partition coefficient (Wildman–Crippen LogP) is 4.85. The van der Waals surface area contributed by atoms with Crippen molar-refractivity contribution in [2.75, 3.05) is 16.4 Å². The molecule has 0 saturated carbocycles. The van der Waals surface area contributed by atoms with Crippen molar-refractivity contribution in [3.63, 3.8) is 0 Å². The zero-order chi connectivity index (χ0) is 23.0. The van der Waals surface area contributed by atoms with Crippen LogP contribution in [0.4, 0.5) is 39.5 Å². The highest BCUT2D eigenvalue weighted by atomic mass is 35.5. The summed E-state index contributed by atoms with van der Waals surface area (Å²) in [6.45, 7) is 0. The van der Waals surface area contributed by atoms with E-state index in [0.29, 0.717) is 22.9 Å². The van der Waals surface area contributed by atoms with E-state index in [1.165, 1.54) is 35.4 Å². The molecule has 0 fully saturated rings. The molecule has 2 amide bonds. The van der Waals surface area contributed by atoms with Gasteiger partial charge in [-0.25, -0.2) is 24.1 Å². The van der Waals surface area contributed by atoms with Gasteiger partial charge in [-0.1, -0.05) is 11.6 Å². The first-order chi connectivity index (χ1) is 15.1. The molecule has 0 bridgehead atoms. The summed E-state index contributed by atoms with van der Waals surface area (Å²) in [6, 6.07) is 5.82. The number of nitrogens with zero attached hydrogens (tertiary/aromatic N) is 4. The van der Waals surface area contributed by atoms with Gasteiger partial charge in [-0.15, -0.1) is 0 Å². The molecule has 0 unspecified atom stereocenters. The van der Waals surface area contributed by atoms with Crippen LogP contribution in [0, 0.1) is 5.82 Å². The number of anilines is 3. The van der Waals surface area contributed by atoms with Gasteiger partial charge in [0.05, 0.1) is 22.0 Å². The van der Waals surface area contributed by atoms with Gasteiger partial charge in [0.25, 0.3) is 0 Å². The van der Waals surface area contributed by atoms with E-state index in [2.05, 4.69) is 25.6 Å². The van der Waals surface area contributed by atoms with Crippen molar-refractivity contribution in [1.82, 2.24) is 19.5 Å². The van der Waals surface area contributed by atoms with Crippen LogP contribution in [0.3, 0.4) is 0 Å². The Bertz CT molecular complexity index is 1340. The molecule has 0 aliphatic heterocycles. The molecule has 0 aliphatic carbocycles. The Morgan fingerprint density at radius 2 is 1.84 bits per heavy atom. The van der Waals surface area contributed by atoms with Crippen LogP contribution in [-0.2, 0) is 6.18 Å². The third-order valence-electron chi connectivity index (χ3n) is 4.37. The number of urea groups is 1. The summed E-state index contributed by atoms with van der Waals surface area (Å²) in [5.41, 5.74) is 5.31. The Morgan fingerprint density at radius 3 is 2.56 bits per heavy atom. The van der Waals surface area contributed by atoms with Crippen LogP contribution in [0.1, 0.15) is 5.56 Å². The number of nitrogens with one attached hydrogen (secondary N) is 2. The van der Waals surface area contributed by atoms with Crippen LogP contribution >= 0.6 is 11.6 Å². The highest BCUT2D eigenvalue weighted by Gasteiger charge is 2.33. The molecular formula is C19H12ClF4N7O. The van der Waals surface area contributed by atoms with E-state index in [9.17, 15) is 22.4 Å². The van der Waals surface area contributed by atoms with Gasteiger partial charge in [-0.2, -0.15) is 13.2 Å². The topological polar surface area (TPSA) is 111 Å². The maximum atomic E-state index is 14.6. The van der Waals surface area contributed by atoms with Gasteiger partial charge in [0.15, 0.2) is 17.0 Å². The molecule has 0 saturated heterocycles. The fourth-order valence-electron chi connectivity index (χ4n) is 2.90. The number of nitrogens with two attached hydrogens (primary N) is 1. The summed E-state index contributed by atoms with van der Waals surface area (Å²) >= 11 is 5.55. The van der Waals surface area contributed by atoms with Crippen molar-refractivity contribution in [2.24, 2.45) is 0 Å². The minimum atomic E-state index is -4.69. The molecule has 2 aromatic heterocycles. The Morgan fingerprint density at radius 1 is 1.06 bits per heavy atom. The third kappa shape index (κ3) is 4.12. The number of amides is 2. The average molecular weight is 466 g/mol. The summed E-state index contributed by atoms with van der Waals surface area (Å²) in [7, 11) is 0. The lowest BCUT2D eigenvalue weighted by atomic mass is 10.2. The van der Waals surface area contributed by atoms with Crippen LogP contribution in [0.5, 0.6) is 0 Å². The Hall–Kier alpha value is -3.93. The van der Waals surface area contributed by atoms with Gasteiger partial charge in [0.1, 0.15) is 18.5 Å². The van der Waals surface area contributed by atoms with Crippen LogP contribution < -0.4 is 16.4 Å². The standard InChI is InChI=1S/C19H12ClF4N7O/c20-12-3-1-9(5-11(12)19(22,23)24)29-18(32)30-14-4-2-10(6-13(14)21)31-8-28-15-16(25)26-7-27-17(15)31/h1-8H,(H2,25,26,27)(H2,29,30,32). The van der Waals surface area contributed by atoms with Crippen molar-refractivity contribution in [2.45, 2.75) is 6.18 Å². The number of hydrogen-bond donors (Lipinski definition) is 3. The second kappa shape index (κ2) is 7.96. The van der Waals surface area contributed by atoms with Crippen LogP contribution in [0.25, 0.3) is 16.9 Å². The molecule has 2 heterocycles. The molecule has 8 nitrogen and oxygen atoms in total. The van der Waals surface area contributed by atoms with Crippen LogP contribution in [0.15, 0.2) is 49.1 Å². The minimum Gasteiger partial charge on any atom is -0.382 e. The van der Waals surface area contributed by atoms with Crippen molar-refractivity contribution in [3.05, 3.63) is 65.5 Å². The maximum absolute atomic E-state index is 14.6. The molecule has 4 rings (SSSR count). The van der Waals surface area contributed by atoms with Gasteiger partial charge in [0, 0.05) is 11.8 Å². The molecule has 0 spiro atoms. The lowest BCUT2D eigenvalue weighted by Crippen LogP contribution is -2.20. The number of carbonyl (C=O) groups is 1. The summed E-state index contributed by atoms with van der Waals surface area (Å²) < 4.78 is 54.9. The van der Waals surface area contributed by atoms with E-state index in [-0.39, 0.29) is 17.2 Å². The second-order valence-electron chi connectivity index (χ2n) is 6.48. The van der Waals surface area contributed by atoms with Crippen molar-refractivity contribution in [1.29, 1.82) is 0 Å². The van der Waals surface area contributed by atoms with E-state index in [1.54, 1.807) is 0 Å². The quantitative estimate of drug-likeness (QED) is 0.374. The highest BCUT2D eigenvalue weighted by Crippen LogP contribution is 2.36. The number of benzene rings is 2. The molecule has 32 heavy (non-hydrogen) atoms. The van der Waals surface area contributed by atoms with Crippen molar-refractivity contribution >= 4 is 46.0 Å². The molecule has 2 aromatic carbocycles. The minimum absolute atomic E-state index is 0.167. The first-order valence-electron chi connectivity index (χ1n) is 8.81. The number of hydrogen-bond acceptors (Lipinski definition) is 5. The van der Waals surface area contributed by atoms with Gasteiger partial charge < -0.3 is 16.4 Å². The lowest BCUT2D eigenvalue weighted by molar-refractivity contribution is -0.137. The Labute approximate surface area is 182 Å². The van der Waals surface area contributed by atoms with Gasteiger partial charge in [-0.05, 0) is 30.3 Å². The lowest BCUT2D eigenvalue weighted by Gasteiger charge is -2.13. The van der Waals surface area contributed by atoms with Crippen molar-refractivity contribution in [3.8, 4) is 5.69 Å². The number of nitrogen functional groups attached to an aromatic ring is 1. The summed E-state index contributed by atoms with van der Waals surface area (Å²) in [5, 5.41) is 3.94. The van der Waals surface area contributed by atoms with E-state index in [0.717, 1.165) is 12.1 Å². The van der Waals surface area contributed by atoms with E-state index >= 15 is 0 Å². The normalized spacial score (nSPS) is 11.5. The van der Waals surface area contributed by atoms with Gasteiger partial charge in [0.2, 0.25) is 0 Å². The molecule has 13 heteroatoms. The number of halogens is 5. The number of fused-ring (bicyclic) bond motifs is 1. The molecule has 0 atom stereocenters. The van der Waals surface area contributed by atoms with Crippen LogP contribution in [0.2, 0.25) is 5.02 Å². The zero-order valence-corrected chi connectivity index (χ0v) is 16.5. The van der Waals surface area contributed by atoms with Gasteiger partial charge >= 0.3 is 12.2 Å². The Balaban J connectivity index is 1.53. The fourth-order valence-corrected chi connectivity index (χ4v) is 3.13. The molecule has 0 radical (unpaired) electrons. The van der Waals surface area contributed by atoms with Crippen LogP contribution in [-0.4, -0.2) is 25.6 Å². The number of alkyl halides is 3. The largest absolute Gasteiger partial charge is 0.417 e. The Kier molecular flexibility index (Phi) is 5.30. The van der Waals surface area contributed by atoms with E-state index < -0.39 is 28.6 Å². The number of rotatable bonds is 3. The molecular weight excluding hydrogens is 454 g/mol. The smallest absolute Gasteiger partial charge is 0.382 e. The number of imidazole rings is 1. The average Bonchev–Trinajstić information content (AvgIpc) is 3.16. The first-order valence-corrected chi connectivity index (χ1v) is 9.19. The second-order valence-corrected chi connectivity index (χ2v) is 6.89. The zero-order valence-electron chi connectivity index (χ0n) is 15.8. The fraction of sp³-hybridized carbons (Fsp3) is 0.0526. The van der Waals surface area contributed by atoms with E-state index in [1.807, 2.05) is 0 Å².